The molecule has 0 saturated carbocycles. The van der Waals surface area contributed by atoms with Crippen molar-refractivity contribution in [2.75, 3.05) is 31.6 Å². The average molecular weight is 514 g/mol. The first kappa shape index (κ1) is 23.1. The molecular weight excluding hydrogens is 490 g/mol. The van der Waals surface area contributed by atoms with Crippen LogP contribution in [0.5, 0.6) is 0 Å². The molecule has 2 aromatic carbocycles. The second-order valence-electron chi connectivity index (χ2n) is 9.30. The lowest BCUT2D eigenvalue weighted by Crippen LogP contribution is -2.25. The van der Waals surface area contributed by atoms with Crippen molar-refractivity contribution in [1.29, 1.82) is 5.26 Å². The minimum Gasteiger partial charge on any atom is -0.449 e. The number of hydrogen-bond donors (Lipinski definition) is 1. The molecular formula is C27H24ClN7O2. The number of nitriles is 1. The molecule has 2 aliphatic rings. The predicted octanol–water partition coefficient (Wildman–Crippen LogP) is 4.47. The summed E-state index contributed by atoms with van der Waals surface area (Å²) in [5.41, 5.74) is 6.54. The highest BCUT2D eigenvalue weighted by atomic mass is 35.5. The van der Waals surface area contributed by atoms with Crippen LogP contribution in [0, 0.1) is 17.2 Å². The van der Waals surface area contributed by atoms with Crippen LogP contribution in [0.15, 0.2) is 54.9 Å². The maximum absolute atomic E-state index is 11.5. The molecule has 0 bridgehead atoms. The Hall–Kier alpha value is -4.29. The van der Waals surface area contributed by atoms with E-state index in [4.69, 9.17) is 21.6 Å². The second kappa shape index (κ2) is 9.30. The van der Waals surface area contributed by atoms with Gasteiger partial charge in [-0.1, -0.05) is 23.7 Å². The van der Waals surface area contributed by atoms with E-state index in [2.05, 4.69) is 49.2 Å². The van der Waals surface area contributed by atoms with Crippen molar-refractivity contribution in [1.82, 2.24) is 24.6 Å². The number of fused-ring (bicyclic) bond motifs is 5. The summed E-state index contributed by atoms with van der Waals surface area (Å²) in [5, 5.41) is 20.9. The van der Waals surface area contributed by atoms with E-state index >= 15 is 0 Å². The molecule has 4 heterocycles. The van der Waals surface area contributed by atoms with Gasteiger partial charge in [0.05, 0.1) is 36.2 Å². The van der Waals surface area contributed by atoms with E-state index in [1.807, 2.05) is 22.8 Å². The van der Waals surface area contributed by atoms with Crippen LogP contribution in [0.4, 0.5) is 10.5 Å². The number of alkyl carbamates (subject to hydrolysis) is 1. The van der Waals surface area contributed by atoms with Gasteiger partial charge in [0.2, 0.25) is 0 Å². The van der Waals surface area contributed by atoms with Crippen molar-refractivity contribution in [3.05, 3.63) is 71.1 Å². The fraction of sp³-hybridized carbons (Fsp3) is 0.259. The number of ether oxygens (including phenoxy) is 1. The van der Waals surface area contributed by atoms with Gasteiger partial charge in [-0.25, -0.2) is 4.79 Å². The Morgan fingerprint density at radius 1 is 1.24 bits per heavy atom. The Morgan fingerprint density at radius 2 is 2.08 bits per heavy atom. The van der Waals surface area contributed by atoms with Gasteiger partial charge < -0.3 is 19.5 Å². The Kier molecular flexibility index (Phi) is 5.81. The highest BCUT2D eigenvalue weighted by Gasteiger charge is 2.28. The number of carbonyl (C=O) groups excluding carboxylic acids is 1. The molecule has 2 aliphatic heterocycles. The zero-order valence-electron chi connectivity index (χ0n) is 20.2. The number of hydrogen-bond acceptors (Lipinski definition) is 6. The quantitative estimate of drug-likeness (QED) is 0.380. The van der Waals surface area contributed by atoms with Gasteiger partial charge in [-0.05, 0) is 53.9 Å². The van der Waals surface area contributed by atoms with Crippen molar-refractivity contribution >= 4 is 23.4 Å². The van der Waals surface area contributed by atoms with Crippen molar-refractivity contribution in [3.8, 4) is 34.4 Å². The van der Waals surface area contributed by atoms with Gasteiger partial charge in [-0.3, -0.25) is 4.57 Å². The lowest BCUT2D eigenvalue weighted by molar-refractivity contribution is 0.132. The van der Waals surface area contributed by atoms with E-state index in [1.54, 1.807) is 25.5 Å². The fourth-order valence-electron chi connectivity index (χ4n) is 5.15. The number of benzene rings is 2. The lowest BCUT2D eigenvalue weighted by atomic mass is 10.1. The van der Waals surface area contributed by atoms with Crippen LogP contribution in [0.1, 0.15) is 17.5 Å². The van der Waals surface area contributed by atoms with Crippen LogP contribution in [-0.4, -0.2) is 52.2 Å². The third-order valence-electron chi connectivity index (χ3n) is 7.09. The molecule has 0 aliphatic carbocycles. The van der Waals surface area contributed by atoms with E-state index in [1.165, 1.54) is 0 Å². The fourth-order valence-corrected chi connectivity index (χ4v) is 5.46. The predicted molar refractivity (Wildman–Crippen MR) is 140 cm³/mol. The van der Waals surface area contributed by atoms with Crippen molar-refractivity contribution < 1.29 is 9.53 Å². The largest absolute Gasteiger partial charge is 0.449 e. The van der Waals surface area contributed by atoms with Gasteiger partial charge in [0.15, 0.2) is 5.82 Å². The first-order valence-corrected chi connectivity index (χ1v) is 12.5. The molecule has 1 atom stereocenters. The first-order valence-electron chi connectivity index (χ1n) is 12.1. The Labute approximate surface area is 218 Å². The number of rotatable bonds is 4. The number of aromatic nitrogens is 4. The second-order valence-corrected chi connectivity index (χ2v) is 9.65. The third-order valence-corrected chi connectivity index (χ3v) is 7.50. The van der Waals surface area contributed by atoms with Gasteiger partial charge in [-0.15, -0.1) is 10.2 Å². The molecule has 37 heavy (non-hydrogen) atoms. The standard InChI is InChI=1S/C27H24ClN7O2/c1-30-27(36)37-15-18-8-9-33(13-18)21-6-7-23-20(10-21)14-34-24(26-32-31-16-35(23)26)11-22(25(34)28)19-4-2-17(12-29)3-5-19/h2-7,10-11,16,18H,8-9,13-15H2,1H3,(H,30,36). The average Bonchev–Trinajstić information content (AvgIpc) is 3.66. The van der Waals surface area contributed by atoms with Crippen LogP contribution in [0.25, 0.3) is 28.3 Å². The topological polar surface area (TPSA) is 101 Å². The van der Waals surface area contributed by atoms with Crippen LogP contribution in [-0.2, 0) is 11.3 Å². The maximum Gasteiger partial charge on any atom is 0.406 e. The highest BCUT2D eigenvalue weighted by molar-refractivity contribution is 6.32. The summed E-state index contributed by atoms with van der Waals surface area (Å²) in [7, 11) is 1.57. The number of anilines is 1. The summed E-state index contributed by atoms with van der Waals surface area (Å²) in [5.74, 6) is 1.02. The number of carbonyl (C=O) groups is 1. The van der Waals surface area contributed by atoms with E-state index in [9.17, 15) is 4.79 Å². The van der Waals surface area contributed by atoms with Crippen molar-refractivity contribution in [3.63, 3.8) is 0 Å². The van der Waals surface area contributed by atoms with Crippen LogP contribution in [0.2, 0.25) is 5.15 Å². The summed E-state index contributed by atoms with van der Waals surface area (Å²) in [6.45, 7) is 2.71. The number of amides is 1. The molecule has 6 rings (SSSR count). The van der Waals surface area contributed by atoms with Crippen LogP contribution in [0.3, 0.4) is 0 Å². The molecule has 4 aromatic rings. The SMILES string of the molecule is CNC(=O)OCC1CCN(c2ccc3c(c2)Cn2c(cc(-c4ccc(C#N)cc4)c2Cl)-c2nncn2-3)C1. The zero-order chi connectivity index (χ0) is 25.5. The Morgan fingerprint density at radius 3 is 2.86 bits per heavy atom. The Balaban J connectivity index is 1.33. The molecule has 1 N–H and O–H groups in total. The molecule has 1 fully saturated rings. The third kappa shape index (κ3) is 4.09. The number of nitrogens with zero attached hydrogens (tertiary/aromatic N) is 6. The molecule has 0 spiro atoms. The van der Waals surface area contributed by atoms with Crippen LogP contribution >= 0.6 is 11.6 Å². The maximum atomic E-state index is 11.5. The summed E-state index contributed by atoms with van der Waals surface area (Å²) in [6.07, 6.45) is 2.30. The molecule has 1 amide bonds. The Bertz CT molecular complexity index is 1530. The van der Waals surface area contributed by atoms with Crippen molar-refractivity contribution in [2.45, 2.75) is 13.0 Å². The first-order chi connectivity index (χ1) is 18.1. The van der Waals surface area contributed by atoms with Crippen molar-refractivity contribution in [2.24, 2.45) is 5.92 Å². The lowest BCUT2D eigenvalue weighted by Gasteiger charge is -2.21. The number of nitrogens with one attached hydrogen (secondary N) is 1. The van der Waals surface area contributed by atoms with E-state index in [-0.39, 0.29) is 0 Å². The van der Waals surface area contributed by atoms with Crippen LogP contribution < -0.4 is 10.2 Å². The van der Waals surface area contributed by atoms with Gasteiger partial charge in [0, 0.05) is 37.3 Å². The zero-order valence-corrected chi connectivity index (χ0v) is 20.9. The van der Waals surface area contributed by atoms with E-state index < -0.39 is 6.09 Å². The van der Waals surface area contributed by atoms with E-state index in [0.717, 1.165) is 59.1 Å². The normalized spacial score (nSPS) is 15.8. The summed E-state index contributed by atoms with van der Waals surface area (Å²) in [6, 6.07) is 18.0. The molecule has 10 heteroatoms. The highest BCUT2D eigenvalue weighted by Crippen LogP contribution is 2.40. The van der Waals surface area contributed by atoms with E-state index in [0.29, 0.717) is 29.8 Å². The minimum atomic E-state index is -0.395. The van der Waals surface area contributed by atoms with Gasteiger partial charge in [0.1, 0.15) is 11.5 Å². The monoisotopic (exact) mass is 513 g/mol. The molecule has 1 unspecified atom stereocenters. The molecule has 186 valence electrons. The number of halogens is 1. The van der Waals surface area contributed by atoms with Gasteiger partial charge >= 0.3 is 6.09 Å². The molecule has 1 saturated heterocycles. The molecule has 0 radical (unpaired) electrons. The smallest absolute Gasteiger partial charge is 0.406 e. The summed E-state index contributed by atoms with van der Waals surface area (Å²) in [4.78, 5) is 13.8. The van der Waals surface area contributed by atoms with Gasteiger partial charge in [-0.2, -0.15) is 5.26 Å². The summed E-state index contributed by atoms with van der Waals surface area (Å²) >= 11 is 6.96. The molecule has 2 aromatic heterocycles. The minimum absolute atomic E-state index is 0.293. The molecule has 9 nitrogen and oxygen atoms in total. The summed E-state index contributed by atoms with van der Waals surface area (Å²) < 4.78 is 9.34. The van der Waals surface area contributed by atoms with Gasteiger partial charge in [0.25, 0.3) is 0 Å².